The highest BCUT2D eigenvalue weighted by Gasteiger charge is 2.42. The number of thiol groups is 1. The van der Waals surface area contributed by atoms with E-state index < -0.39 is 33.8 Å². The number of nitrogens with one attached hydrogen (secondary N) is 1. The van der Waals surface area contributed by atoms with Gasteiger partial charge in [-0.3, -0.25) is 9.59 Å². The van der Waals surface area contributed by atoms with E-state index in [9.17, 15) is 22.8 Å². The van der Waals surface area contributed by atoms with E-state index in [1.165, 1.54) is 30.2 Å². The van der Waals surface area contributed by atoms with Gasteiger partial charge in [0.1, 0.15) is 6.04 Å². The molecule has 2 aromatic rings. The molecule has 0 saturated carbocycles. The molecule has 36 heavy (non-hydrogen) atoms. The van der Waals surface area contributed by atoms with Gasteiger partial charge in [0.2, 0.25) is 21.8 Å². The molecule has 0 aliphatic carbocycles. The van der Waals surface area contributed by atoms with Gasteiger partial charge in [0.05, 0.1) is 18.7 Å². The van der Waals surface area contributed by atoms with E-state index in [2.05, 4.69) is 17.9 Å². The highest BCUT2D eigenvalue weighted by molar-refractivity contribution is 7.92. The van der Waals surface area contributed by atoms with Crippen molar-refractivity contribution in [1.82, 2.24) is 9.21 Å². The average Bonchev–Trinajstić information content (AvgIpc) is 3.26. The maximum Gasteiger partial charge on any atom is 0.338 e. The van der Waals surface area contributed by atoms with Crippen LogP contribution in [-0.2, 0) is 24.3 Å². The minimum Gasteiger partial charge on any atom is -0.462 e. The molecule has 2 atom stereocenters. The molecule has 1 heterocycles. The first-order valence-electron chi connectivity index (χ1n) is 11.4. The van der Waals surface area contributed by atoms with Crippen LogP contribution < -0.4 is 5.32 Å². The third-order valence-corrected chi connectivity index (χ3v) is 7.43. The normalized spacial score (nSPS) is 18.2. The summed E-state index contributed by atoms with van der Waals surface area (Å²) in [5.41, 5.74) is 1.52. The lowest BCUT2D eigenvalue weighted by atomic mass is 10.2. The smallest absolute Gasteiger partial charge is 0.338 e. The van der Waals surface area contributed by atoms with Crippen LogP contribution in [0, 0.1) is 0 Å². The SMILES string of the molecule is CCOC(=O)c1ccc(NC(=O)CN(C)C(=O)C2CC(S)CN2S(=O)(=O)C=Cc2ccccc2)cc1. The van der Waals surface area contributed by atoms with Crippen LogP contribution in [0.25, 0.3) is 6.08 Å². The Morgan fingerprint density at radius 3 is 2.44 bits per heavy atom. The number of hydrogen-bond donors (Lipinski definition) is 2. The van der Waals surface area contributed by atoms with Crippen molar-refractivity contribution in [1.29, 1.82) is 0 Å². The van der Waals surface area contributed by atoms with Crippen LogP contribution in [0.3, 0.4) is 0 Å². The zero-order chi connectivity index (χ0) is 26.3. The molecule has 0 radical (unpaired) electrons. The monoisotopic (exact) mass is 531 g/mol. The van der Waals surface area contributed by atoms with Gasteiger partial charge in [0, 0.05) is 29.9 Å². The van der Waals surface area contributed by atoms with Crippen molar-refractivity contribution in [2.24, 2.45) is 0 Å². The van der Waals surface area contributed by atoms with Crippen molar-refractivity contribution < 1.29 is 27.5 Å². The third-order valence-electron chi connectivity index (χ3n) is 5.51. The van der Waals surface area contributed by atoms with Crippen LogP contribution in [0.4, 0.5) is 5.69 Å². The number of nitrogens with zero attached hydrogens (tertiary/aromatic N) is 2. The lowest BCUT2D eigenvalue weighted by Gasteiger charge is -2.26. The number of esters is 1. The van der Waals surface area contributed by atoms with E-state index in [0.29, 0.717) is 11.3 Å². The van der Waals surface area contributed by atoms with E-state index in [0.717, 1.165) is 15.3 Å². The quantitative estimate of drug-likeness (QED) is 0.380. The first-order chi connectivity index (χ1) is 17.1. The van der Waals surface area contributed by atoms with Gasteiger partial charge in [-0.05, 0) is 49.2 Å². The van der Waals surface area contributed by atoms with Crippen LogP contribution in [-0.4, -0.2) is 73.4 Å². The second-order valence-corrected chi connectivity index (χ2v) is 10.8. The van der Waals surface area contributed by atoms with Gasteiger partial charge < -0.3 is 15.0 Å². The highest BCUT2D eigenvalue weighted by atomic mass is 32.2. The Bertz CT molecular complexity index is 1220. The van der Waals surface area contributed by atoms with Gasteiger partial charge in [-0.25, -0.2) is 13.2 Å². The predicted molar refractivity (Wildman–Crippen MR) is 141 cm³/mol. The minimum absolute atomic E-state index is 0.0911. The molecule has 2 unspecified atom stereocenters. The lowest BCUT2D eigenvalue weighted by molar-refractivity contribution is -0.136. The molecule has 2 amide bonds. The number of carbonyl (C=O) groups is 3. The molecule has 192 valence electrons. The van der Waals surface area contributed by atoms with Crippen LogP contribution in [0.2, 0.25) is 0 Å². The van der Waals surface area contributed by atoms with Crippen molar-refractivity contribution in [3.63, 3.8) is 0 Å². The molecule has 1 aliphatic rings. The minimum atomic E-state index is -3.89. The van der Waals surface area contributed by atoms with E-state index >= 15 is 0 Å². The fourth-order valence-corrected chi connectivity index (χ4v) is 5.64. The Morgan fingerprint density at radius 2 is 1.81 bits per heavy atom. The summed E-state index contributed by atoms with van der Waals surface area (Å²) in [5, 5.41) is 3.44. The molecule has 1 saturated heterocycles. The van der Waals surface area contributed by atoms with Gasteiger partial charge >= 0.3 is 5.97 Å². The fraction of sp³-hybridized carbons (Fsp3) is 0.320. The van der Waals surface area contributed by atoms with Gasteiger partial charge in [-0.1, -0.05) is 30.3 Å². The van der Waals surface area contributed by atoms with Gasteiger partial charge in [0.25, 0.3) is 0 Å². The molecular formula is C25H29N3O6S2. The number of rotatable bonds is 9. The van der Waals surface area contributed by atoms with E-state index in [4.69, 9.17) is 4.74 Å². The van der Waals surface area contributed by atoms with Crippen molar-refractivity contribution in [3.05, 3.63) is 71.1 Å². The number of sulfonamides is 1. The maximum absolute atomic E-state index is 13.1. The number of ether oxygens (including phenoxy) is 1. The molecular weight excluding hydrogens is 502 g/mol. The maximum atomic E-state index is 13.1. The summed E-state index contributed by atoms with van der Waals surface area (Å²) >= 11 is 4.40. The van der Waals surface area contributed by atoms with Crippen molar-refractivity contribution in [2.45, 2.75) is 24.6 Å². The largest absolute Gasteiger partial charge is 0.462 e. The Hall–Kier alpha value is -3.15. The molecule has 1 aliphatic heterocycles. The van der Waals surface area contributed by atoms with E-state index in [1.807, 2.05) is 6.07 Å². The number of benzene rings is 2. The first kappa shape index (κ1) is 27.4. The molecule has 0 bridgehead atoms. The summed E-state index contributed by atoms with van der Waals surface area (Å²) in [6, 6.07) is 14.2. The summed E-state index contributed by atoms with van der Waals surface area (Å²) in [6.07, 6.45) is 1.72. The molecule has 0 aromatic heterocycles. The predicted octanol–water partition coefficient (Wildman–Crippen LogP) is 2.63. The summed E-state index contributed by atoms with van der Waals surface area (Å²) < 4.78 is 32.0. The van der Waals surface area contributed by atoms with Gasteiger partial charge in [-0.2, -0.15) is 16.9 Å². The number of amides is 2. The van der Waals surface area contributed by atoms with Crippen molar-refractivity contribution in [2.75, 3.05) is 32.1 Å². The average molecular weight is 532 g/mol. The molecule has 0 spiro atoms. The molecule has 11 heteroatoms. The van der Waals surface area contributed by atoms with Crippen LogP contribution in [0.5, 0.6) is 0 Å². The Kier molecular flexibility index (Phi) is 9.30. The van der Waals surface area contributed by atoms with Gasteiger partial charge in [0.15, 0.2) is 0 Å². The fourth-order valence-electron chi connectivity index (χ4n) is 3.75. The number of hydrogen-bond acceptors (Lipinski definition) is 7. The molecule has 2 aromatic carbocycles. The topological polar surface area (TPSA) is 113 Å². The van der Waals surface area contributed by atoms with Crippen molar-refractivity contribution in [3.8, 4) is 0 Å². The van der Waals surface area contributed by atoms with E-state index in [-0.39, 0.29) is 31.4 Å². The second-order valence-electron chi connectivity index (χ2n) is 8.27. The Morgan fingerprint density at radius 1 is 1.14 bits per heavy atom. The second kappa shape index (κ2) is 12.2. The highest BCUT2D eigenvalue weighted by Crippen LogP contribution is 2.27. The van der Waals surface area contributed by atoms with Gasteiger partial charge in [-0.15, -0.1) is 0 Å². The summed E-state index contributed by atoms with van der Waals surface area (Å²) in [5.74, 6) is -1.41. The number of likely N-dealkylation sites (N-methyl/N-ethyl adjacent to an activating group) is 1. The third kappa shape index (κ3) is 7.19. The van der Waals surface area contributed by atoms with Crippen LogP contribution >= 0.6 is 12.6 Å². The van der Waals surface area contributed by atoms with Crippen LogP contribution in [0.15, 0.2) is 60.0 Å². The standard InChI is InChI=1S/C25H29N3O6S2/c1-3-34-25(31)19-9-11-20(12-10-19)26-23(29)17-27(2)24(30)22-15-21(35)16-28(22)36(32,33)14-13-18-7-5-4-6-8-18/h4-14,21-22,35H,3,15-17H2,1-2H3,(H,26,29). The number of carbonyl (C=O) groups excluding carboxylic acids is 3. The molecule has 1 fully saturated rings. The summed E-state index contributed by atoms with van der Waals surface area (Å²) in [7, 11) is -2.45. The zero-order valence-corrected chi connectivity index (χ0v) is 21.7. The number of anilines is 1. The van der Waals surface area contributed by atoms with E-state index in [1.54, 1.807) is 43.3 Å². The van der Waals surface area contributed by atoms with Crippen molar-refractivity contribution >= 4 is 52.2 Å². The van der Waals surface area contributed by atoms with Crippen LogP contribution in [0.1, 0.15) is 29.3 Å². The molecule has 3 rings (SSSR count). The molecule has 9 nitrogen and oxygen atoms in total. The first-order valence-corrected chi connectivity index (χ1v) is 13.4. The Labute approximate surface area is 216 Å². The Balaban J connectivity index is 1.63. The zero-order valence-electron chi connectivity index (χ0n) is 20.0. The summed E-state index contributed by atoms with van der Waals surface area (Å²) in [6.45, 7) is 1.78. The molecule has 1 N–H and O–H groups in total. The summed E-state index contributed by atoms with van der Waals surface area (Å²) in [4.78, 5) is 38.6. The lowest BCUT2D eigenvalue weighted by Crippen LogP contribution is -2.47.